The average Bonchev–Trinajstić information content (AvgIpc) is 3.01. The molecule has 3 rings (SSSR count). The van der Waals surface area contributed by atoms with Crippen LogP contribution in [0.2, 0.25) is 30.8 Å². The SMILES string of the molecule is C[Si](C)(C)CCOCn1ncc2c(-c3cc(Cl)ncc3C#N)cccc21. The summed E-state index contributed by atoms with van der Waals surface area (Å²) in [7, 11) is -1.11. The van der Waals surface area contributed by atoms with E-state index in [1.54, 1.807) is 6.07 Å². The summed E-state index contributed by atoms with van der Waals surface area (Å²) in [6, 6.07) is 10.9. The monoisotopic (exact) mass is 384 g/mol. The molecule has 0 aliphatic heterocycles. The molecule has 0 spiro atoms. The number of pyridine rings is 1. The Morgan fingerprint density at radius 1 is 1.23 bits per heavy atom. The van der Waals surface area contributed by atoms with Gasteiger partial charge in [-0.3, -0.25) is 0 Å². The fourth-order valence-corrected chi connectivity index (χ4v) is 3.63. The van der Waals surface area contributed by atoms with Gasteiger partial charge in [-0.15, -0.1) is 0 Å². The second-order valence-corrected chi connectivity index (χ2v) is 13.4. The fraction of sp³-hybridized carbons (Fsp3) is 0.316. The first kappa shape index (κ1) is 18.6. The predicted octanol–water partition coefficient (Wildman–Crippen LogP) is 4.94. The molecule has 0 saturated carbocycles. The van der Waals surface area contributed by atoms with Crippen molar-refractivity contribution >= 4 is 30.6 Å². The maximum atomic E-state index is 9.39. The van der Waals surface area contributed by atoms with Gasteiger partial charge in [0.2, 0.25) is 0 Å². The molecule has 2 aromatic heterocycles. The predicted molar refractivity (Wildman–Crippen MR) is 107 cm³/mol. The van der Waals surface area contributed by atoms with Crippen LogP contribution in [0.5, 0.6) is 0 Å². The molecule has 0 amide bonds. The molecule has 0 N–H and O–H groups in total. The summed E-state index contributed by atoms with van der Waals surface area (Å²) in [6.07, 6.45) is 3.31. The minimum Gasteiger partial charge on any atom is -0.360 e. The number of nitrogens with zero attached hydrogens (tertiary/aromatic N) is 4. The number of rotatable bonds is 6. The number of benzene rings is 1. The molecular weight excluding hydrogens is 364 g/mol. The molecule has 0 bridgehead atoms. The first-order valence-electron chi connectivity index (χ1n) is 8.47. The molecule has 5 nitrogen and oxygen atoms in total. The maximum absolute atomic E-state index is 9.39. The van der Waals surface area contributed by atoms with Crippen LogP contribution >= 0.6 is 11.6 Å². The van der Waals surface area contributed by atoms with Gasteiger partial charge in [0.05, 0.1) is 17.3 Å². The Kier molecular flexibility index (Phi) is 5.42. The number of halogens is 1. The van der Waals surface area contributed by atoms with Crippen LogP contribution in [0, 0.1) is 11.3 Å². The van der Waals surface area contributed by atoms with Gasteiger partial charge in [-0.25, -0.2) is 9.67 Å². The van der Waals surface area contributed by atoms with Crippen molar-refractivity contribution < 1.29 is 4.74 Å². The maximum Gasteiger partial charge on any atom is 0.139 e. The van der Waals surface area contributed by atoms with Crippen LogP contribution in [0.15, 0.2) is 36.7 Å². The van der Waals surface area contributed by atoms with Crippen LogP contribution in [0.1, 0.15) is 5.56 Å². The number of nitriles is 1. The largest absolute Gasteiger partial charge is 0.360 e. The number of fused-ring (bicyclic) bond motifs is 1. The molecule has 0 radical (unpaired) electrons. The van der Waals surface area contributed by atoms with Crippen LogP contribution in [0.25, 0.3) is 22.0 Å². The Labute approximate surface area is 159 Å². The third-order valence-electron chi connectivity index (χ3n) is 4.18. The molecule has 0 atom stereocenters. The van der Waals surface area contributed by atoms with Gasteiger partial charge in [0.25, 0.3) is 0 Å². The number of ether oxygens (including phenoxy) is 1. The van der Waals surface area contributed by atoms with Gasteiger partial charge in [-0.1, -0.05) is 43.4 Å². The van der Waals surface area contributed by atoms with Crippen molar-refractivity contribution in [2.24, 2.45) is 0 Å². The summed E-state index contributed by atoms with van der Waals surface area (Å²) in [5, 5.41) is 15.2. The van der Waals surface area contributed by atoms with Crippen molar-refractivity contribution in [1.29, 1.82) is 5.26 Å². The lowest BCUT2D eigenvalue weighted by Crippen LogP contribution is -2.22. The molecule has 7 heteroatoms. The molecule has 0 unspecified atom stereocenters. The van der Waals surface area contributed by atoms with E-state index in [0.717, 1.165) is 34.7 Å². The zero-order chi connectivity index (χ0) is 18.7. The van der Waals surface area contributed by atoms with Crippen molar-refractivity contribution in [2.45, 2.75) is 32.4 Å². The lowest BCUT2D eigenvalue weighted by atomic mass is 9.99. The highest BCUT2D eigenvalue weighted by Gasteiger charge is 2.14. The van der Waals surface area contributed by atoms with Crippen LogP contribution in [-0.2, 0) is 11.5 Å². The summed E-state index contributed by atoms with van der Waals surface area (Å²) < 4.78 is 7.67. The zero-order valence-electron chi connectivity index (χ0n) is 15.2. The fourth-order valence-electron chi connectivity index (χ4n) is 2.71. The number of hydrogen-bond donors (Lipinski definition) is 0. The van der Waals surface area contributed by atoms with Gasteiger partial charge in [-0.05, 0) is 23.7 Å². The molecule has 0 aliphatic carbocycles. The molecule has 0 saturated heterocycles. The minimum absolute atomic E-state index is 0.359. The van der Waals surface area contributed by atoms with Crippen molar-refractivity contribution in [3.05, 3.63) is 47.4 Å². The van der Waals surface area contributed by atoms with Crippen LogP contribution in [0.4, 0.5) is 0 Å². The Balaban J connectivity index is 1.90. The molecule has 3 aromatic rings. The van der Waals surface area contributed by atoms with E-state index in [9.17, 15) is 5.26 Å². The summed E-state index contributed by atoms with van der Waals surface area (Å²) in [6.45, 7) is 8.16. The van der Waals surface area contributed by atoms with Crippen molar-refractivity contribution in [1.82, 2.24) is 14.8 Å². The lowest BCUT2D eigenvalue weighted by molar-refractivity contribution is 0.0817. The summed E-state index contributed by atoms with van der Waals surface area (Å²) in [4.78, 5) is 4.00. The number of aromatic nitrogens is 3. The van der Waals surface area contributed by atoms with Crippen molar-refractivity contribution in [3.8, 4) is 17.2 Å². The van der Waals surface area contributed by atoms with E-state index in [4.69, 9.17) is 16.3 Å². The third kappa shape index (κ3) is 4.13. The molecule has 134 valence electrons. The summed E-state index contributed by atoms with van der Waals surface area (Å²) >= 11 is 6.04. The molecule has 0 aliphatic rings. The highest BCUT2D eigenvalue weighted by atomic mass is 35.5. The van der Waals surface area contributed by atoms with Gasteiger partial charge >= 0.3 is 0 Å². The third-order valence-corrected chi connectivity index (χ3v) is 6.09. The van der Waals surface area contributed by atoms with Gasteiger partial charge in [0.15, 0.2) is 0 Å². The van der Waals surface area contributed by atoms with E-state index >= 15 is 0 Å². The van der Waals surface area contributed by atoms with Crippen LogP contribution in [0.3, 0.4) is 0 Å². The van der Waals surface area contributed by atoms with Gasteiger partial charge in [-0.2, -0.15) is 10.4 Å². The zero-order valence-corrected chi connectivity index (χ0v) is 16.9. The van der Waals surface area contributed by atoms with E-state index in [1.807, 2.05) is 29.1 Å². The Morgan fingerprint density at radius 3 is 2.77 bits per heavy atom. The standard InChI is InChI=1S/C19H21ClN4OSi/c1-26(2,3)8-7-25-13-24-18-6-4-5-15(17(18)12-23-24)16-9-19(20)22-11-14(16)10-21/h4-6,9,11-12H,7-8,13H2,1-3H3. The van der Waals surface area contributed by atoms with Crippen LogP contribution in [-0.4, -0.2) is 29.4 Å². The Hall–Kier alpha value is -2.20. The second-order valence-electron chi connectivity index (χ2n) is 7.39. The molecule has 2 heterocycles. The Bertz CT molecular complexity index is 972. The molecule has 26 heavy (non-hydrogen) atoms. The van der Waals surface area contributed by atoms with E-state index in [0.29, 0.717) is 17.4 Å². The smallest absolute Gasteiger partial charge is 0.139 e. The topological polar surface area (TPSA) is 63.7 Å². The van der Waals surface area contributed by atoms with E-state index in [2.05, 4.69) is 35.8 Å². The second kappa shape index (κ2) is 7.58. The van der Waals surface area contributed by atoms with E-state index in [1.165, 1.54) is 6.20 Å². The summed E-state index contributed by atoms with van der Waals surface area (Å²) in [5.74, 6) is 0. The van der Waals surface area contributed by atoms with Gasteiger partial charge in [0, 0.05) is 31.8 Å². The highest BCUT2D eigenvalue weighted by Crippen LogP contribution is 2.31. The highest BCUT2D eigenvalue weighted by molar-refractivity contribution is 6.76. The summed E-state index contributed by atoms with van der Waals surface area (Å²) in [5.41, 5.74) is 3.13. The quantitative estimate of drug-likeness (QED) is 0.343. The van der Waals surface area contributed by atoms with Crippen molar-refractivity contribution in [3.63, 3.8) is 0 Å². The van der Waals surface area contributed by atoms with Crippen LogP contribution < -0.4 is 0 Å². The normalized spacial score (nSPS) is 11.7. The lowest BCUT2D eigenvalue weighted by Gasteiger charge is -2.15. The number of hydrogen-bond acceptors (Lipinski definition) is 4. The van der Waals surface area contributed by atoms with E-state index in [-0.39, 0.29) is 0 Å². The first-order valence-corrected chi connectivity index (χ1v) is 12.6. The first-order chi connectivity index (χ1) is 12.4. The molecule has 0 fully saturated rings. The molecular formula is C19H21ClN4OSi. The van der Waals surface area contributed by atoms with Gasteiger partial charge in [0.1, 0.15) is 18.0 Å². The van der Waals surface area contributed by atoms with Gasteiger partial charge < -0.3 is 4.74 Å². The minimum atomic E-state index is -1.11. The van der Waals surface area contributed by atoms with E-state index < -0.39 is 8.07 Å². The molecule has 1 aromatic carbocycles. The average molecular weight is 385 g/mol. The Morgan fingerprint density at radius 2 is 2.04 bits per heavy atom. The van der Waals surface area contributed by atoms with Crippen molar-refractivity contribution in [2.75, 3.05) is 6.61 Å².